The first-order chi connectivity index (χ1) is 10.3. The van der Waals surface area contributed by atoms with Crippen molar-refractivity contribution in [3.63, 3.8) is 0 Å². The Hall–Kier alpha value is -1.57. The van der Waals surface area contributed by atoms with E-state index in [4.69, 9.17) is 4.74 Å². The Balaban J connectivity index is 1.89. The lowest BCUT2D eigenvalue weighted by molar-refractivity contribution is -0.192. The van der Waals surface area contributed by atoms with Gasteiger partial charge < -0.3 is 10.1 Å². The Morgan fingerprint density at radius 2 is 2.09 bits per heavy atom. The topological polar surface area (TPSA) is 56.2 Å². The third-order valence-corrected chi connectivity index (χ3v) is 4.50. The van der Waals surface area contributed by atoms with Gasteiger partial charge in [-0.05, 0) is 25.7 Å². The van der Waals surface area contributed by atoms with Crippen molar-refractivity contribution in [3.05, 3.63) is 17.0 Å². The molecule has 1 atom stereocenters. The monoisotopic (exact) mass is 317 g/mol. The number of carbonyl (C=O) groups excluding carboxylic acids is 1. The van der Waals surface area contributed by atoms with Gasteiger partial charge >= 0.3 is 6.18 Å². The quantitative estimate of drug-likeness (QED) is 0.904. The molecule has 1 fully saturated rings. The molecule has 1 N–H and O–H groups in total. The summed E-state index contributed by atoms with van der Waals surface area (Å²) >= 11 is 0. The summed E-state index contributed by atoms with van der Waals surface area (Å²) in [7, 11) is 1.72. The number of alkyl halides is 3. The summed E-state index contributed by atoms with van der Waals surface area (Å²) in [5.41, 5.74) is -0.460. The van der Waals surface area contributed by atoms with Gasteiger partial charge in [0, 0.05) is 31.3 Å². The molecular weight excluding hydrogens is 299 g/mol. The first kappa shape index (κ1) is 15.3. The van der Waals surface area contributed by atoms with Gasteiger partial charge in [0.2, 0.25) is 0 Å². The molecule has 1 aliphatic carbocycles. The molecule has 1 amide bonds. The van der Waals surface area contributed by atoms with E-state index in [9.17, 15) is 18.0 Å². The molecule has 1 saturated heterocycles. The molecule has 0 radical (unpaired) electrons. The van der Waals surface area contributed by atoms with Gasteiger partial charge in [0.1, 0.15) is 0 Å². The van der Waals surface area contributed by atoms with Gasteiger partial charge in [0.15, 0.2) is 11.2 Å². The van der Waals surface area contributed by atoms with E-state index in [2.05, 4.69) is 10.4 Å². The summed E-state index contributed by atoms with van der Waals surface area (Å²) in [5, 5.41) is 6.29. The summed E-state index contributed by atoms with van der Waals surface area (Å²) in [6.45, 7) is -0.558. The van der Waals surface area contributed by atoms with Crippen LogP contribution in [0.4, 0.5) is 13.2 Å². The molecular formula is C14H18F3N3O2. The van der Waals surface area contributed by atoms with Crippen molar-refractivity contribution in [2.45, 2.75) is 43.8 Å². The maximum absolute atomic E-state index is 13.3. The minimum Gasteiger partial charge on any atom is -0.379 e. The zero-order chi connectivity index (χ0) is 16.0. The molecule has 2 heterocycles. The minimum atomic E-state index is -4.55. The molecule has 22 heavy (non-hydrogen) atoms. The van der Waals surface area contributed by atoms with E-state index < -0.39 is 24.2 Å². The van der Waals surface area contributed by atoms with Crippen LogP contribution in [0, 0.1) is 0 Å². The Kier molecular flexibility index (Phi) is 3.66. The second-order valence-corrected chi connectivity index (χ2v) is 5.94. The van der Waals surface area contributed by atoms with Crippen LogP contribution in [0.5, 0.6) is 0 Å². The zero-order valence-corrected chi connectivity index (χ0v) is 12.3. The molecule has 3 rings (SSSR count). The fourth-order valence-corrected chi connectivity index (χ4v) is 3.19. The number of fused-ring (bicyclic) bond motifs is 1. The summed E-state index contributed by atoms with van der Waals surface area (Å²) in [5.74, 6) is -0.762. The van der Waals surface area contributed by atoms with Crippen LogP contribution in [0.1, 0.15) is 41.0 Å². The fourth-order valence-electron chi connectivity index (χ4n) is 3.19. The van der Waals surface area contributed by atoms with Crippen LogP contribution < -0.4 is 5.32 Å². The highest BCUT2D eigenvalue weighted by Crippen LogP contribution is 2.37. The number of ether oxygens (including phenoxy) is 1. The molecule has 8 heteroatoms. The number of aryl methyl sites for hydroxylation is 1. The number of rotatable bonds is 2. The molecule has 0 aromatic carbocycles. The molecule has 2 aliphatic rings. The molecule has 1 aromatic heterocycles. The van der Waals surface area contributed by atoms with Crippen molar-refractivity contribution in [1.29, 1.82) is 0 Å². The number of hydrogen-bond donors (Lipinski definition) is 1. The van der Waals surface area contributed by atoms with Crippen LogP contribution in [0.2, 0.25) is 0 Å². The maximum Gasteiger partial charge on any atom is 0.413 e. The highest BCUT2D eigenvalue weighted by molar-refractivity contribution is 5.94. The number of nitrogens with one attached hydrogen (secondary N) is 1. The van der Waals surface area contributed by atoms with Crippen LogP contribution in [0.15, 0.2) is 0 Å². The van der Waals surface area contributed by atoms with Crippen LogP contribution in [-0.4, -0.2) is 40.6 Å². The van der Waals surface area contributed by atoms with Gasteiger partial charge in [-0.25, -0.2) is 0 Å². The fraction of sp³-hybridized carbons (Fsp3) is 0.714. The predicted octanol–water partition coefficient (Wildman–Crippen LogP) is 1.75. The van der Waals surface area contributed by atoms with Crippen molar-refractivity contribution in [3.8, 4) is 0 Å². The van der Waals surface area contributed by atoms with Gasteiger partial charge in [0.25, 0.3) is 5.91 Å². The van der Waals surface area contributed by atoms with Crippen molar-refractivity contribution < 1.29 is 22.7 Å². The number of nitrogens with zero attached hydrogens (tertiary/aromatic N) is 2. The largest absolute Gasteiger partial charge is 0.413 e. The van der Waals surface area contributed by atoms with Crippen molar-refractivity contribution in [1.82, 2.24) is 15.1 Å². The Morgan fingerprint density at radius 1 is 1.36 bits per heavy atom. The second-order valence-electron chi connectivity index (χ2n) is 5.94. The number of carbonyl (C=O) groups is 1. The Labute approximate surface area is 125 Å². The van der Waals surface area contributed by atoms with Gasteiger partial charge in [-0.1, -0.05) is 0 Å². The summed E-state index contributed by atoms with van der Waals surface area (Å²) < 4.78 is 46.4. The average Bonchev–Trinajstić information content (AvgIpc) is 3.05. The van der Waals surface area contributed by atoms with E-state index >= 15 is 0 Å². The Bertz CT molecular complexity index is 589. The molecule has 5 nitrogen and oxygen atoms in total. The van der Waals surface area contributed by atoms with Gasteiger partial charge in [-0.15, -0.1) is 0 Å². The summed E-state index contributed by atoms with van der Waals surface area (Å²) in [6, 6.07) is 0. The molecule has 1 aliphatic heterocycles. The minimum absolute atomic E-state index is 0.0138. The predicted molar refractivity (Wildman–Crippen MR) is 71.5 cm³/mol. The lowest BCUT2D eigenvalue weighted by atomic mass is 9.94. The number of halogens is 3. The summed E-state index contributed by atoms with van der Waals surface area (Å²) in [6.07, 6.45) is -1.40. The van der Waals surface area contributed by atoms with Crippen molar-refractivity contribution in [2.24, 2.45) is 7.05 Å². The van der Waals surface area contributed by atoms with E-state index in [1.807, 2.05) is 0 Å². The highest BCUT2D eigenvalue weighted by atomic mass is 19.4. The van der Waals surface area contributed by atoms with E-state index in [-0.39, 0.29) is 18.7 Å². The molecule has 1 aromatic rings. The number of amides is 1. The third kappa shape index (κ3) is 2.39. The number of hydrogen-bond acceptors (Lipinski definition) is 3. The first-order valence-electron chi connectivity index (χ1n) is 7.36. The second kappa shape index (κ2) is 5.26. The molecule has 0 spiro atoms. The Morgan fingerprint density at radius 3 is 2.73 bits per heavy atom. The average molecular weight is 317 g/mol. The summed E-state index contributed by atoms with van der Waals surface area (Å²) in [4.78, 5) is 12.4. The number of aromatic nitrogens is 2. The van der Waals surface area contributed by atoms with Gasteiger partial charge in [-0.2, -0.15) is 18.3 Å². The lowest BCUT2D eigenvalue weighted by Crippen LogP contribution is -2.59. The normalized spacial score (nSPS) is 25.1. The SMILES string of the molecule is Cn1nc(C(=O)N[C@@]2(C(F)(F)F)CCOC2)c2c1CCCC2. The molecule has 0 unspecified atom stereocenters. The smallest absolute Gasteiger partial charge is 0.379 e. The highest BCUT2D eigenvalue weighted by Gasteiger charge is 2.58. The standard InChI is InChI=1S/C14H18F3N3O2/c1-20-10-5-3-2-4-9(10)11(19-20)12(21)18-13(14(15,16)17)6-7-22-8-13/h2-8H2,1H3,(H,18,21)/t13-/m0/s1. The van der Waals surface area contributed by atoms with Crippen LogP contribution in [0.25, 0.3) is 0 Å². The zero-order valence-electron chi connectivity index (χ0n) is 12.3. The third-order valence-electron chi connectivity index (χ3n) is 4.50. The van der Waals surface area contributed by atoms with E-state index in [1.165, 1.54) is 0 Å². The molecule has 0 bridgehead atoms. The first-order valence-corrected chi connectivity index (χ1v) is 7.36. The van der Waals surface area contributed by atoms with Crippen LogP contribution in [0.3, 0.4) is 0 Å². The van der Waals surface area contributed by atoms with Gasteiger partial charge in [0.05, 0.1) is 6.61 Å². The lowest BCUT2D eigenvalue weighted by Gasteiger charge is -2.30. The van der Waals surface area contributed by atoms with E-state index in [1.54, 1.807) is 11.7 Å². The van der Waals surface area contributed by atoms with E-state index in [0.29, 0.717) is 6.42 Å². The van der Waals surface area contributed by atoms with Crippen molar-refractivity contribution >= 4 is 5.91 Å². The van der Waals surface area contributed by atoms with E-state index in [0.717, 1.165) is 30.5 Å². The molecule has 122 valence electrons. The van der Waals surface area contributed by atoms with Gasteiger partial charge in [-0.3, -0.25) is 9.48 Å². The van der Waals surface area contributed by atoms with Crippen molar-refractivity contribution in [2.75, 3.05) is 13.2 Å². The maximum atomic E-state index is 13.3. The van der Waals surface area contributed by atoms with Crippen LogP contribution in [-0.2, 0) is 24.6 Å². The molecule has 0 saturated carbocycles. The van der Waals surface area contributed by atoms with Crippen LogP contribution >= 0.6 is 0 Å².